The van der Waals surface area contributed by atoms with Gasteiger partial charge in [-0.25, -0.2) is 41.1 Å². The van der Waals surface area contributed by atoms with Crippen LogP contribution in [0, 0.1) is 17.0 Å². The minimum Gasteiger partial charge on any atom is -0.431 e. The van der Waals surface area contributed by atoms with Gasteiger partial charge in [-0.1, -0.05) is 33.3 Å². The Bertz CT molecular complexity index is 2500. The number of ether oxygens (including phenoxy) is 3. The third-order valence-electron chi connectivity index (χ3n) is 9.51. The quantitative estimate of drug-likeness (QED) is 0.111. The predicted octanol–water partition coefficient (Wildman–Crippen LogP) is 5.10. The fourth-order valence-electron chi connectivity index (χ4n) is 6.06. The summed E-state index contributed by atoms with van der Waals surface area (Å²) < 4.78 is 76.7. The summed E-state index contributed by atoms with van der Waals surface area (Å²) in [6.07, 6.45) is 3.60. The van der Waals surface area contributed by atoms with Crippen LogP contribution in [0.5, 0.6) is 0 Å². The number of nitrogens with zero attached hydrogens (tertiary/aromatic N) is 3. The van der Waals surface area contributed by atoms with Gasteiger partial charge in [0.25, 0.3) is 21.5 Å². The highest BCUT2D eigenvalue weighted by molar-refractivity contribution is 7.92. The van der Waals surface area contributed by atoms with Gasteiger partial charge in [0.05, 0.1) is 16.1 Å². The van der Waals surface area contributed by atoms with E-state index in [4.69, 9.17) is 14.2 Å². The van der Waals surface area contributed by atoms with E-state index in [1.54, 1.807) is 20.8 Å². The van der Waals surface area contributed by atoms with E-state index in [0.29, 0.717) is 36.2 Å². The van der Waals surface area contributed by atoms with E-state index in [9.17, 15) is 37.2 Å². The number of halogens is 2. The van der Waals surface area contributed by atoms with Crippen LogP contribution < -0.4 is 26.6 Å². The van der Waals surface area contributed by atoms with E-state index in [1.165, 1.54) is 61.3 Å². The molecule has 61 heavy (non-hydrogen) atoms. The molecule has 17 nitrogen and oxygen atoms in total. The Morgan fingerprint density at radius 3 is 2.26 bits per heavy atom. The summed E-state index contributed by atoms with van der Waals surface area (Å²) in [6, 6.07) is 8.40. The molecule has 1 fully saturated rings. The van der Waals surface area contributed by atoms with Crippen LogP contribution in [0.25, 0.3) is 5.82 Å². The number of esters is 1. The zero-order valence-corrected chi connectivity index (χ0v) is 34.8. The zero-order chi connectivity index (χ0) is 44.6. The molecule has 2 aromatic heterocycles. The summed E-state index contributed by atoms with van der Waals surface area (Å²) >= 11 is 0. The van der Waals surface area contributed by atoms with Gasteiger partial charge in [0, 0.05) is 49.6 Å². The lowest BCUT2D eigenvalue weighted by Crippen LogP contribution is -2.44. The number of rotatable bonds is 14. The van der Waals surface area contributed by atoms with Gasteiger partial charge in [-0.2, -0.15) is 0 Å². The molecule has 3 N–H and O–H groups in total. The smallest absolute Gasteiger partial charge is 0.431 e. The predicted molar refractivity (Wildman–Crippen MR) is 216 cm³/mol. The van der Waals surface area contributed by atoms with Gasteiger partial charge in [-0.3, -0.25) is 19.1 Å². The first-order valence-corrected chi connectivity index (χ1v) is 20.8. The van der Waals surface area contributed by atoms with Crippen molar-refractivity contribution >= 4 is 45.3 Å². The number of amides is 2. The molecule has 0 unspecified atom stereocenters. The lowest BCUT2D eigenvalue weighted by Gasteiger charge is -2.23. The number of nitrogens with one attached hydrogen (secondary N) is 3. The zero-order valence-electron chi connectivity index (χ0n) is 34.0. The largest absolute Gasteiger partial charge is 0.511 e. The van der Waals surface area contributed by atoms with Gasteiger partial charge in [-0.15, -0.1) is 0 Å². The Morgan fingerprint density at radius 1 is 0.934 bits per heavy atom. The average Bonchev–Trinajstić information content (AvgIpc) is 3.19. The van der Waals surface area contributed by atoms with Crippen molar-refractivity contribution in [3.05, 3.63) is 111 Å². The molecule has 0 radical (unpaired) electrons. The van der Waals surface area contributed by atoms with Crippen LogP contribution in [0.15, 0.2) is 81.5 Å². The molecule has 0 bridgehead atoms. The average molecular weight is 869 g/mol. The van der Waals surface area contributed by atoms with Crippen LogP contribution in [-0.4, -0.2) is 64.9 Å². The van der Waals surface area contributed by atoms with E-state index in [2.05, 4.69) is 15.6 Å². The van der Waals surface area contributed by atoms with Gasteiger partial charge in [-0.05, 0) is 80.5 Å². The van der Waals surface area contributed by atoms with Crippen molar-refractivity contribution < 1.29 is 50.6 Å². The monoisotopic (exact) mass is 868 g/mol. The van der Waals surface area contributed by atoms with Gasteiger partial charge < -0.3 is 29.4 Å². The standard InChI is InChI=1S/C41H46F2N6O11S/c1-24(59-40(55)60-27-9-7-6-8-10-27)58-37(52)32(17-11-25-12-18-34(44-23-25)49-35(50)19-20-48(5)39(49)54)46-36(51)29-21-31(43)33(22-30(29)42)47-61(56,57)28-15-13-26(14-16-28)45-38(53)41(2,3)4/h12-16,18-24,27,32,47H,6-11,17H2,1-5H3,(H,45,53)(H,46,51)/t24-,32-/m0/s1. The number of benzene rings is 2. The fourth-order valence-corrected chi connectivity index (χ4v) is 7.12. The second kappa shape index (κ2) is 19.3. The van der Waals surface area contributed by atoms with Crippen LogP contribution in [0.1, 0.15) is 82.1 Å². The SMILES string of the molecule is C[C@H](OC(=O)OC1CCCCC1)OC(=O)[C@H](CCc1ccc(-n2c(=O)ccn(C)c2=O)nc1)NC(=O)c1cc(F)c(NS(=O)(=O)c2ccc(NC(=O)C(C)(C)C)cc2)cc1F. The Kier molecular flexibility index (Phi) is 14.4. The first-order chi connectivity index (χ1) is 28.7. The van der Waals surface area contributed by atoms with Crippen LogP contribution in [-0.2, 0) is 47.3 Å². The van der Waals surface area contributed by atoms with Gasteiger partial charge in [0.2, 0.25) is 12.2 Å². The number of sulfonamides is 1. The highest BCUT2D eigenvalue weighted by atomic mass is 32.2. The van der Waals surface area contributed by atoms with Gasteiger partial charge in [0.15, 0.2) is 0 Å². The highest BCUT2D eigenvalue weighted by Gasteiger charge is 2.29. The van der Waals surface area contributed by atoms with E-state index in [1.807, 2.05) is 4.72 Å². The Balaban J connectivity index is 1.31. The summed E-state index contributed by atoms with van der Waals surface area (Å²) in [7, 11) is -3.03. The maximum atomic E-state index is 15.5. The summed E-state index contributed by atoms with van der Waals surface area (Å²) in [6.45, 7) is 6.33. The Morgan fingerprint density at radius 2 is 1.62 bits per heavy atom. The van der Waals surface area contributed by atoms with E-state index in [0.717, 1.165) is 36.0 Å². The maximum absolute atomic E-state index is 15.5. The van der Waals surface area contributed by atoms with E-state index in [-0.39, 0.29) is 35.6 Å². The highest BCUT2D eigenvalue weighted by Crippen LogP contribution is 2.25. The van der Waals surface area contributed by atoms with Crippen LogP contribution in [0.2, 0.25) is 0 Å². The second-order valence-corrected chi connectivity index (χ2v) is 17.1. The second-order valence-electron chi connectivity index (χ2n) is 15.4. The molecule has 1 aliphatic carbocycles. The van der Waals surface area contributed by atoms with E-state index >= 15 is 8.78 Å². The molecular weight excluding hydrogens is 823 g/mol. The van der Waals surface area contributed by atoms with Crippen molar-refractivity contribution in [2.24, 2.45) is 12.5 Å². The molecule has 2 amide bonds. The number of aromatic nitrogens is 3. The lowest BCUT2D eigenvalue weighted by molar-refractivity contribution is -0.171. The number of hydrogen-bond donors (Lipinski definition) is 3. The number of aryl methyl sites for hydroxylation is 2. The van der Waals surface area contributed by atoms with Crippen molar-refractivity contribution in [3.8, 4) is 5.82 Å². The Labute approximate surface area is 349 Å². The third kappa shape index (κ3) is 12.1. The summed E-state index contributed by atoms with van der Waals surface area (Å²) in [5.41, 5.74) is -2.92. The molecule has 0 spiro atoms. The van der Waals surface area contributed by atoms with Crippen molar-refractivity contribution in [2.75, 3.05) is 10.0 Å². The van der Waals surface area contributed by atoms with Crippen molar-refractivity contribution in [3.63, 3.8) is 0 Å². The molecular formula is C41H46F2N6O11S. The normalized spacial score (nSPS) is 14.3. The van der Waals surface area contributed by atoms with Crippen LogP contribution >= 0.6 is 0 Å². The topological polar surface area (TPSA) is 223 Å². The molecule has 1 aliphatic rings. The molecule has 0 aliphatic heterocycles. The summed E-state index contributed by atoms with van der Waals surface area (Å²) in [5.74, 6) is -5.38. The van der Waals surface area contributed by atoms with Crippen molar-refractivity contribution in [1.82, 2.24) is 19.4 Å². The number of carbonyl (C=O) groups is 4. The van der Waals surface area contributed by atoms with Gasteiger partial charge in [0.1, 0.15) is 29.6 Å². The molecule has 20 heteroatoms. The van der Waals surface area contributed by atoms with Gasteiger partial charge >= 0.3 is 17.8 Å². The van der Waals surface area contributed by atoms with Crippen molar-refractivity contribution in [2.45, 2.75) is 96.0 Å². The first kappa shape index (κ1) is 45.6. The van der Waals surface area contributed by atoms with Crippen LogP contribution in [0.4, 0.5) is 25.0 Å². The molecule has 5 rings (SSSR count). The third-order valence-corrected chi connectivity index (χ3v) is 10.9. The minimum atomic E-state index is -4.49. The summed E-state index contributed by atoms with van der Waals surface area (Å²) in [5, 5.41) is 4.95. The van der Waals surface area contributed by atoms with Crippen LogP contribution in [0.3, 0.4) is 0 Å². The number of carbonyl (C=O) groups excluding carboxylic acids is 4. The van der Waals surface area contributed by atoms with E-state index < -0.39 is 79.9 Å². The van der Waals surface area contributed by atoms with Crippen molar-refractivity contribution in [1.29, 1.82) is 0 Å². The molecule has 0 saturated heterocycles. The molecule has 2 heterocycles. The number of hydrogen-bond acceptors (Lipinski definition) is 12. The molecule has 2 atom stereocenters. The number of pyridine rings is 1. The molecule has 2 aromatic carbocycles. The molecule has 1 saturated carbocycles. The molecule has 326 valence electrons. The fraction of sp³-hybridized carbons (Fsp3) is 0.390. The maximum Gasteiger partial charge on any atom is 0.511 e. The Hall–Kier alpha value is -6.44. The minimum absolute atomic E-state index is 0.00941. The number of anilines is 2. The molecule has 4 aromatic rings. The lowest BCUT2D eigenvalue weighted by atomic mass is 9.95. The first-order valence-electron chi connectivity index (χ1n) is 19.3. The summed E-state index contributed by atoms with van der Waals surface area (Å²) in [4.78, 5) is 80.3.